The summed E-state index contributed by atoms with van der Waals surface area (Å²) in [6, 6.07) is 13.3. The number of fused-ring (bicyclic) bond motifs is 1. The molecule has 1 aromatic heterocycles. The highest BCUT2D eigenvalue weighted by molar-refractivity contribution is 7.98. The molecule has 3 rings (SSSR count). The van der Waals surface area contributed by atoms with Gasteiger partial charge in [0.05, 0.1) is 16.6 Å². The normalized spacial score (nSPS) is 11.0. The minimum atomic E-state index is -0.937. The van der Waals surface area contributed by atoms with Crippen LogP contribution < -0.4 is 0 Å². The third kappa shape index (κ3) is 2.40. The van der Waals surface area contributed by atoms with E-state index in [4.69, 9.17) is 5.11 Å². The number of carboxylic acid groups (broad SMARTS) is 1. The van der Waals surface area contributed by atoms with E-state index in [1.54, 1.807) is 30.0 Å². The van der Waals surface area contributed by atoms with Crippen molar-refractivity contribution in [2.75, 3.05) is 6.26 Å². The van der Waals surface area contributed by atoms with Gasteiger partial charge in [0, 0.05) is 10.6 Å². The summed E-state index contributed by atoms with van der Waals surface area (Å²) in [5.41, 5.74) is 2.89. The van der Waals surface area contributed by atoms with Gasteiger partial charge in [-0.3, -0.25) is 4.57 Å². The average molecular weight is 298 g/mol. The van der Waals surface area contributed by atoms with Crippen molar-refractivity contribution in [3.05, 3.63) is 53.9 Å². The fraction of sp³-hybridized carbons (Fsp3) is 0.125. The zero-order chi connectivity index (χ0) is 15.0. The Hall–Kier alpha value is -2.27. The molecule has 1 heterocycles. The molecule has 0 bridgehead atoms. The Labute approximate surface area is 126 Å². The number of benzene rings is 2. The summed E-state index contributed by atoms with van der Waals surface area (Å²) < 4.78 is 2.03. The molecule has 0 atom stereocenters. The number of carbonyl (C=O) groups is 1. The summed E-state index contributed by atoms with van der Waals surface area (Å²) in [7, 11) is 0. The lowest BCUT2D eigenvalue weighted by atomic mass is 10.2. The summed E-state index contributed by atoms with van der Waals surface area (Å²) in [5.74, 6) is -0.0992. The number of thioether (sulfide) groups is 1. The van der Waals surface area contributed by atoms with E-state index in [2.05, 4.69) is 17.1 Å². The summed E-state index contributed by atoms with van der Waals surface area (Å²) in [6.07, 6.45) is 2.04. The van der Waals surface area contributed by atoms with Gasteiger partial charge in [-0.1, -0.05) is 0 Å². The van der Waals surface area contributed by atoms with Gasteiger partial charge < -0.3 is 5.11 Å². The van der Waals surface area contributed by atoms with Crippen LogP contribution in [0.25, 0.3) is 16.7 Å². The van der Waals surface area contributed by atoms with Crippen LogP contribution in [0.1, 0.15) is 16.2 Å². The summed E-state index contributed by atoms with van der Waals surface area (Å²) in [6.45, 7) is 1.92. The second-order valence-corrected chi connectivity index (χ2v) is 5.58. The van der Waals surface area contributed by atoms with Crippen molar-refractivity contribution in [3.8, 4) is 5.69 Å². The Bertz CT molecular complexity index is 822. The fourth-order valence-electron chi connectivity index (χ4n) is 2.39. The van der Waals surface area contributed by atoms with Crippen molar-refractivity contribution in [1.82, 2.24) is 9.55 Å². The molecular formula is C16H14N2O2S. The van der Waals surface area contributed by atoms with E-state index >= 15 is 0 Å². The van der Waals surface area contributed by atoms with E-state index < -0.39 is 5.97 Å². The number of nitrogens with zero attached hydrogens (tertiary/aromatic N) is 2. The Morgan fingerprint density at radius 1 is 1.19 bits per heavy atom. The van der Waals surface area contributed by atoms with Gasteiger partial charge in [0.15, 0.2) is 0 Å². The SMILES string of the molecule is CSc1ccc(-n2c(C)nc3cc(C(=O)O)ccc32)cc1. The van der Waals surface area contributed by atoms with E-state index in [1.165, 1.54) is 4.90 Å². The second-order valence-electron chi connectivity index (χ2n) is 4.70. The van der Waals surface area contributed by atoms with Crippen LogP contribution in [0.15, 0.2) is 47.4 Å². The first-order chi connectivity index (χ1) is 10.1. The first kappa shape index (κ1) is 13.7. The van der Waals surface area contributed by atoms with Gasteiger partial charge in [0.25, 0.3) is 0 Å². The highest BCUT2D eigenvalue weighted by Crippen LogP contribution is 2.24. The minimum absolute atomic E-state index is 0.255. The van der Waals surface area contributed by atoms with Crippen LogP contribution in [-0.4, -0.2) is 26.9 Å². The third-order valence-corrected chi connectivity index (χ3v) is 4.14. The molecule has 0 aliphatic heterocycles. The minimum Gasteiger partial charge on any atom is -0.478 e. The van der Waals surface area contributed by atoms with Crippen molar-refractivity contribution in [2.24, 2.45) is 0 Å². The zero-order valence-electron chi connectivity index (χ0n) is 11.7. The predicted octanol–water partition coefficient (Wildman–Crippen LogP) is 3.75. The van der Waals surface area contributed by atoms with Crippen LogP contribution in [0.5, 0.6) is 0 Å². The van der Waals surface area contributed by atoms with Gasteiger partial charge in [-0.2, -0.15) is 0 Å². The van der Waals surface area contributed by atoms with Gasteiger partial charge in [0.1, 0.15) is 5.82 Å². The molecule has 2 aromatic carbocycles. The van der Waals surface area contributed by atoms with Gasteiger partial charge in [-0.25, -0.2) is 9.78 Å². The van der Waals surface area contributed by atoms with Crippen molar-refractivity contribution in [1.29, 1.82) is 0 Å². The summed E-state index contributed by atoms with van der Waals surface area (Å²) in [5, 5.41) is 9.06. The molecule has 0 fully saturated rings. The lowest BCUT2D eigenvalue weighted by Gasteiger charge is -2.07. The van der Waals surface area contributed by atoms with Crippen molar-refractivity contribution >= 4 is 28.8 Å². The van der Waals surface area contributed by atoms with E-state index in [9.17, 15) is 4.79 Å². The number of hydrogen-bond acceptors (Lipinski definition) is 3. The van der Waals surface area contributed by atoms with Gasteiger partial charge in [0.2, 0.25) is 0 Å². The maximum absolute atomic E-state index is 11.0. The lowest BCUT2D eigenvalue weighted by molar-refractivity contribution is 0.0697. The summed E-state index contributed by atoms with van der Waals surface area (Å²) >= 11 is 1.70. The van der Waals surface area contributed by atoms with E-state index in [0.29, 0.717) is 5.52 Å². The van der Waals surface area contributed by atoms with Gasteiger partial charge >= 0.3 is 5.97 Å². The van der Waals surface area contributed by atoms with Crippen molar-refractivity contribution in [3.63, 3.8) is 0 Å². The second kappa shape index (κ2) is 5.26. The molecule has 0 spiro atoms. The molecule has 3 aromatic rings. The first-order valence-corrected chi connectivity index (χ1v) is 7.69. The van der Waals surface area contributed by atoms with E-state index in [1.807, 2.05) is 29.9 Å². The smallest absolute Gasteiger partial charge is 0.335 e. The Morgan fingerprint density at radius 3 is 2.52 bits per heavy atom. The molecule has 0 saturated carbocycles. The van der Waals surface area contributed by atoms with E-state index in [0.717, 1.165) is 17.0 Å². The zero-order valence-corrected chi connectivity index (χ0v) is 12.5. The Morgan fingerprint density at radius 2 is 1.90 bits per heavy atom. The van der Waals surface area contributed by atoms with Crippen molar-refractivity contribution in [2.45, 2.75) is 11.8 Å². The molecule has 0 unspecified atom stereocenters. The average Bonchev–Trinajstić information content (AvgIpc) is 2.82. The largest absolute Gasteiger partial charge is 0.478 e. The standard InChI is InChI=1S/C16H14N2O2S/c1-10-17-14-9-11(16(19)20)3-8-15(14)18(10)12-4-6-13(21-2)7-5-12/h3-9H,1-2H3,(H,19,20). The number of aromatic nitrogens is 2. The summed E-state index contributed by atoms with van der Waals surface area (Å²) in [4.78, 5) is 16.7. The quantitative estimate of drug-likeness (QED) is 0.748. The lowest BCUT2D eigenvalue weighted by Crippen LogP contribution is -1.98. The molecule has 4 nitrogen and oxygen atoms in total. The maximum atomic E-state index is 11.0. The molecule has 21 heavy (non-hydrogen) atoms. The van der Waals surface area contributed by atoms with Crippen LogP contribution in [0.4, 0.5) is 0 Å². The molecule has 0 aliphatic carbocycles. The molecule has 0 aliphatic rings. The molecule has 0 amide bonds. The third-order valence-electron chi connectivity index (χ3n) is 3.40. The number of aryl methyl sites for hydroxylation is 1. The fourth-order valence-corrected chi connectivity index (χ4v) is 2.80. The monoisotopic (exact) mass is 298 g/mol. The van der Waals surface area contributed by atoms with Gasteiger partial charge in [-0.05, 0) is 55.6 Å². The number of hydrogen-bond donors (Lipinski definition) is 1. The van der Waals surface area contributed by atoms with Crippen LogP contribution in [-0.2, 0) is 0 Å². The number of rotatable bonds is 3. The Kier molecular flexibility index (Phi) is 3.43. The topological polar surface area (TPSA) is 55.1 Å². The number of carboxylic acids is 1. The number of imidazole rings is 1. The number of aromatic carboxylic acids is 1. The van der Waals surface area contributed by atoms with Crippen LogP contribution in [0.3, 0.4) is 0 Å². The first-order valence-electron chi connectivity index (χ1n) is 6.47. The molecule has 0 saturated heterocycles. The van der Waals surface area contributed by atoms with Gasteiger partial charge in [-0.15, -0.1) is 11.8 Å². The van der Waals surface area contributed by atoms with Crippen LogP contribution in [0, 0.1) is 6.92 Å². The molecule has 5 heteroatoms. The van der Waals surface area contributed by atoms with E-state index in [-0.39, 0.29) is 5.56 Å². The predicted molar refractivity (Wildman–Crippen MR) is 84.5 cm³/mol. The highest BCUT2D eigenvalue weighted by Gasteiger charge is 2.12. The molecular weight excluding hydrogens is 284 g/mol. The molecule has 0 radical (unpaired) electrons. The Balaban J connectivity index is 2.17. The van der Waals surface area contributed by atoms with Crippen molar-refractivity contribution < 1.29 is 9.90 Å². The molecule has 1 N–H and O–H groups in total. The maximum Gasteiger partial charge on any atom is 0.335 e. The van der Waals surface area contributed by atoms with Crippen LogP contribution in [0.2, 0.25) is 0 Å². The molecule has 106 valence electrons. The van der Waals surface area contributed by atoms with Crippen LogP contribution >= 0.6 is 11.8 Å². The highest BCUT2D eigenvalue weighted by atomic mass is 32.2.